The molecule has 6 nitrogen and oxygen atoms in total. The monoisotopic (exact) mass is 362 g/mol. The van der Waals surface area contributed by atoms with Gasteiger partial charge < -0.3 is 10.3 Å². The van der Waals surface area contributed by atoms with Crippen LogP contribution in [0.1, 0.15) is 0 Å². The fourth-order valence-electron chi connectivity index (χ4n) is 2.80. The molecule has 4 aromatic rings. The van der Waals surface area contributed by atoms with Crippen LogP contribution in [-0.2, 0) is 11.3 Å². The molecule has 0 radical (unpaired) electrons. The molecule has 4 rings (SSSR count). The van der Waals surface area contributed by atoms with Crippen molar-refractivity contribution in [3.8, 4) is 11.3 Å². The number of carbonyl (C=O) groups excluding carboxylic acids is 1. The molecule has 134 valence electrons. The molecule has 0 aliphatic carbocycles. The Kier molecular flexibility index (Phi) is 4.25. The molecule has 0 spiro atoms. The van der Waals surface area contributed by atoms with Crippen molar-refractivity contribution < 1.29 is 9.18 Å². The summed E-state index contributed by atoms with van der Waals surface area (Å²) in [7, 11) is 0. The quantitative estimate of drug-likeness (QED) is 0.585. The largest absolute Gasteiger partial charge is 0.361 e. The SMILES string of the molecule is O=C(Cn1nc(-c2ccc(F)cc2)ccc1=O)Nc1ccc2cc[nH]c2c1. The van der Waals surface area contributed by atoms with E-state index < -0.39 is 5.56 Å². The Hall–Kier alpha value is -3.74. The van der Waals surface area contributed by atoms with Gasteiger partial charge >= 0.3 is 0 Å². The van der Waals surface area contributed by atoms with Gasteiger partial charge in [0.25, 0.3) is 5.56 Å². The van der Waals surface area contributed by atoms with Gasteiger partial charge in [-0.3, -0.25) is 9.59 Å². The number of H-pyrrole nitrogens is 1. The zero-order valence-electron chi connectivity index (χ0n) is 14.1. The summed E-state index contributed by atoms with van der Waals surface area (Å²) < 4.78 is 14.2. The highest BCUT2D eigenvalue weighted by Crippen LogP contribution is 2.18. The van der Waals surface area contributed by atoms with Crippen molar-refractivity contribution in [1.82, 2.24) is 14.8 Å². The smallest absolute Gasteiger partial charge is 0.267 e. The van der Waals surface area contributed by atoms with Crippen LogP contribution in [0.25, 0.3) is 22.2 Å². The van der Waals surface area contributed by atoms with E-state index in [1.807, 2.05) is 24.4 Å². The summed E-state index contributed by atoms with van der Waals surface area (Å²) >= 11 is 0. The van der Waals surface area contributed by atoms with Gasteiger partial charge in [-0.15, -0.1) is 0 Å². The predicted molar refractivity (Wildman–Crippen MR) is 101 cm³/mol. The molecule has 1 amide bonds. The maximum Gasteiger partial charge on any atom is 0.267 e. The third-order valence-electron chi connectivity index (χ3n) is 4.14. The van der Waals surface area contributed by atoms with Crippen molar-refractivity contribution in [2.24, 2.45) is 0 Å². The lowest BCUT2D eigenvalue weighted by Crippen LogP contribution is -2.29. The maximum atomic E-state index is 13.1. The van der Waals surface area contributed by atoms with E-state index in [-0.39, 0.29) is 18.3 Å². The van der Waals surface area contributed by atoms with Crippen LogP contribution in [0.3, 0.4) is 0 Å². The van der Waals surface area contributed by atoms with Crippen LogP contribution >= 0.6 is 0 Å². The van der Waals surface area contributed by atoms with Gasteiger partial charge in [0, 0.05) is 29.0 Å². The molecule has 0 bridgehead atoms. The Morgan fingerprint density at radius 3 is 2.70 bits per heavy atom. The minimum absolute atomic E-state index is 0.226. The number of aromatic amines is 1. The highest BCUT2D eigenvalue weighted by molar-refractivity contribution is 5.93. The van der Waals surface area contributed by atoms with Crippen LogP contribution in [0, 0.1) is 5.82 Å². The Labute approximate surface area is 153 Å². The molecule has 0 fully saturated rings. The fourth-order valence-corrected chi connectivity index (χ4v) is 2.80. The summed E-state index contributed by atoms with van der Waals surface area (Å²) in [6, 6.07) is 16.1. The second kappa shape index (κ2) is 6.87. The molecule has 0 unspecified atom stereocenters. The molecule has 2 aromatic heterocycles. The molecule has 0 saturated heterocycles. The Morgan fingerprint density at radius 1 is 1.07 bits per heavy atom. The van der Waals surface area contributed by atoms with Crippen LogP contribution < -0.4 is 10.9 Å². The first-order valence-electron chi connectivity index (χ1n) is 8.29. The first-order valence-corrected chi connectivity index (χ1v) is 8.29. The van der Waals surface area contributed by atoms with Crippen molar-refractivity contribution >= 4 is 22.5 Å². The number of amides is 1. The highest BCUT2D eigenvalue weighted by atomic mass is 19.1. The standard InChI is InChI=1S/C20H15FN4O2/c21-15-4-1-13(2-5-15)17-7-8-20(27)25(24-17)12-19(26)23-16-6-3-14-9-10-22-18(14)11-16/h1-11,22H,12H2,(H,23,26). The summed E-state index contributed by atoms with van der Waals surface area (Å²) in [5.74, 6) is -0.725. The average Bonchev–Trinajstić information content (AvgIpc) is 3.12. The van der Waals surface area contributed by atoms with Crippen LogP contribution in [0.5, 0.6) is 0 Å². The van der Waals surface area contributed by atoms with Gasteiger partial charge in [-0.05, 0) is 53.9 Å². The van der Waals surface area contributed by atoms with Crippen LogP contribution in [0.4, 0.5) is 10.1 Å². The summed E-state index contributed by atoms with van der Waals surface area (Å²) in [6.45, 7) is -0.226. The highest BCUT2D eigenvalue weighted by Gasteiger charge is 2.09. The van der Waals surface area contributed by atoms with E-state index in [9.17, 15) is 14.0 Å². The van der Waals surface area contributed by atoms with Gasteiger partial charge in [0.2, 0.25) is 5.91 Å². The number of carbonyl (C=O) groups is 1. The molecular formula is C20H15FN4O2. The third kappa shape index (κ3) is 3.62. The number of hydrogen-bond donors (Lipinski definition) is 2. The number of aromatic nitrogens is 3. The van der Waals surface area contributed by atoms with E-state index in [4.69, 9.17) is 0 Å². The molecular weight excluding hydrogens is 347 g/mol. The first-order chi connectivity index (χ1) is 13.1. The summed E-state index contributed by atoms with van der Waals surface area (Å²) in [4.78, 5) is 27.4. The van der Waals surface area contributed by atoms with Gasteiger partial charge in [-0.2, -0.15) is 5.10 Å². The molecule has 0 atom stereocenters. The van der Waals surface area contributed by atoms with E-state index in [2.05, 4.69) is 15.4 Å². The van der Waals surface area contributed by atoms with Gasteiger partial charge in [-0.25, -0.2) is 9.07 Å². The lowest BCUT2D eigenvalue weighted by atomic mass is 10.1. The predicted octanol–water partition coefficient (Wildman–Crippen LogP) is 3.17. The number of benzene rings is 2. The second-order valence-corrected chi connectivity index (χ2v) is 6.05. The molecule has 0 aliphatic rings. The van der Waals surface area contributed by atoms with Crippen molar-refractivity contribution in [2.75, 3.05) is 5.32 Å². The molecule has 2 N–H and O–H groups in total. The van der Waals surface area contributed by atoms with E-state index in [0.29, 0.717) is 16.9 Å². The zero-order chi connectivity index (χ0) is 18.8. The summed E-state index contributed by atoms with van der Waals surface area (Å²) in [5, 5.41) is 8.01. The van der Waals surface area contributed by atoms with E-state index in [1.165, 1.54) is 18.2 Å². The van der Waals surface area contributed by atoms with Gasteiger partial charge in [0.05, 0.1) is 5.69 Å². The first kappa shape index (κ1) is 16.7. The number of rotatable bonds is 4. The van der Waals surface area contributed by atoms with Gasteiger partial charge in [0.15, 0.2) is 0 Å². The third-order valence-corrected chi connectivity index (χ3v) is 4.14. The topological polar surface area (TPSA) is 79.8 Å². The van der Waals surface area contributed by atoms with Crippen molar-refractivity contribution in [2.45, 2.75) is 6.54 Å². The number of anilines is 1. The van der Waals surface area contributed by atoms with Crippen LogP contribution in [-0.4, -0.2) is 20.7 Å². The number of fused-ring (bicyclic) bond motifs is 1. The van der Waals surface area contributed by atoms with E-state index in [1.54, 1.807) is 24.3 Å². The number of halogens is 1. The van der Waals surface area contributed by atoms with Crippen LogP contribution in [0.2, 0.25) is 0 Å². The molecule has 0 aliphatic heterocycles. The van der Waals surface area contributed by atoms with Gasteiger partial charge in [-0.1, -0.05) is 6.07 Å². The zero-order valence-corrected chi connectivity index (χ0v) is 14.1. The van der Waals surface area contributed by atoms with Crippen LogP contribution in [0.15, 0.2) is 71.7 Å². The van der Waals surface area contributed by atoms with Crippen molar-refractivity contribution in [1.29, 1.82) is 0 Å². The van der Waals surface area contributed by atoms with E-state index in [0.717, 1.165) is 15.6 Å². The molecule has 27 heavy (non-hydrogen) atoms. The average molecular weight is 362 g/mol. The number of nitrogens with one attached hydrogen (secondary N) is 2. The minimum Gasteiger partial charge on any atom is -0.361 e. The minimum atomic E-state index is -0.393. The fraction of sp³-hybridized carbons (Fsp3) is 0.0500. The number of hydrogen-bond acceptors (Lipinski definition) is 3. The maximum absolute atomic E-state index is 13.1. The van der Waals surface area contributed by atoms with Gasteiger partial charge in [0.1, 0.15) is 12.4 Å². The molecule has 0 saturated carbocycles. The molecule has 2 heterocycles. The van der Waals surface area contributed by atoms with Crippen molar-refractivity contribution in [3.63, 3.8) is 0 Å². The molecule has 7 heteroatoms. The molecule has 2 aromatic carbocycles. The Morgan fingerprint density at radius 2 is 1.89 bits per heavy atom. The Balaban J connectivity index is 1.54. The normalized spacial score (nSPS) is 10.9. The van der Waals surface area contributed by atoms with E-state index >= 15 is 0 Å². The lowest BCUT2D eigenvalue weighted by Gasteiger charge is -2.08. The Bertz CT molecular complexity index is 1180. The second-order valence-electron chi connectivity index (χ2n) is 6.05. The summed E-state index contributed by atoms with van der Waals surface area (Å²) in [5.41, 5.74) is 2.27. The van der Waals surface area contributed by atoms with Crippen molar-refractivity contribution in [3.05, 3.63) is 83.0 Å². The lowest BCUT2D eigenvalue weighted by molar-refractivity contribution is -0.117. The number of nitrogens with zero attached hydrogens (tertiary/aromatic N) is 2. The summed E-state index contributed by atoms with van der Waals surface area (Å²) in [6.07, 6.45) is 1.82.